The summed E-state index contributed by atoms with van der Waals surface area (Å²) in [6.45, 7) is 3.88. The van der Waals surface area contributed by atoms with Gasteiger partial charge in [-0.25, -0.2) is 0 Å². The first-order valence-corrected chi connectivity index (χ1v) is 9.71. The number of morpholine rings is 1. The van der Waals surface area contributed by atoms with E-state index < -0.39 is 0 Å². The molecule has 9 nitrogen and oxygen atoms in total. The molecular weight excluding hydrogens is 344 g/mol. The van der Waals surface area contributed by atoms with Crippen molar-refractivity contribution in [2.45, 2.75) is 44.9 Å². The maximum Gasteiger partial charge on any atom is 0.194 e. The number of nitrogens with one attached hydrogen (secondary N) is 1. The maximum atomic E-state index is 5.94. The Bertz CT molecular complexity index is 795. The molecule has 1 N–H and O–H groups in total. The molecule has 0 aliphatic carbocycles. The lowest BCUT2D eigenvalue weighted by Crippen LogP contribution is -2.48. The van der Waals surface area contributed by atoms with Gasteiger partial charge in [0.25, 0.3) is 0 Å². The third-order valence-corrected chi connectivity index (χ3v) is 5.27. The lowest BCUT2D eigenvalue weighted by Gasteiger charge is -2.34. The van der Waals surface area contributed by atoms with E-state index in [1.807, 2.05) is 31.2 Å². The Labute approximate surface area is 159 Å². The highest BCUT2D eigenvalue weighted by molar-refractivity contribution is 5.79. The molecule has 1 atom stereocenters. The zero-order valence-electron chi connectivity index (χ0n) is 16.1. The molecule has 0 amide bonds. The van der Waals surface area contributed by atoms with Crippen LogP contribution >= 0.6 is 0 Å². The Morgan fingerprint density at radius 2 is 2.22 bits per heavy atom. The van der Waals surface area contributed by atoms with Crippen molar-refractivity contribution in [3.63, 3.8) is 0 Å². The predicted octanol–water partition coefficient (Wildman–Crippen LogP) is 0.887. The zero-order chi connectivity index (χ0) is 18.6. The topological polar surface area (TPSA) is 85.4 Å². The summed E-state index contributed by atoms with van der Waals surface area (Å²) < 4.78 is 10.0. The van der Waals surface area contributed by atoms with Crippen LogP contribution in [-0.2, 0) is 31.3 Å². The summed E-state index contributed by atoms with van der Waals surface area (Å²) in [7, 11) is 3.74. The lowest BCUT2D eigenvalue weighted by molar-refractivity contribution is -0.00806. The molecule has 0 bridgehead atoms. The number of hydrogen-bond acceptors (Lipinski definition) is 5. The number of hydrogen-bond donors (Lipinski definition) is 1. The first kappa shape index (κ1) is 18.0. The monoisotopic (exact) mass is 372 g/mol. The Morgan fingerprint density at radius 3 is 3.04 bits per heavy atom. The first-order chi connectivity index (χ1) is 13.2. The fourth-order valence-corrected chi connectivity index (χ4v) is 3.82. The molecule has 2 aliphatic heterocycles. The van der Waals surface area contributed by atoms with Gasteiger partial charge in [-0.1, -0.05) is 6.42 Å². The van der Waals surface area contributed by atoms with Crippen molar-refractivity contribution in [1.29, 1.82) is 0 Å². The molecule has 0 spiro atoms. The van der Waals surface area contributed by atoms with Crippen LogP contribution in [0.15, 0.2) is 17.4 Å². The molecule has 0 aromatic carbocycles. The van der Waals surface area contributed by atoms with E-state index in [0.717, 1.165) is 49.2 Å². The van der Waals surface area contributed by atoms with Crippen molar-refractivity contribution in [2.75, 3.05) is 26.7 Å². The summed E-state index contributed by atoms with van der Waals surface area (Å²) in [4.78, 5) is 6.71. The summed E-state index contributed by atoms with van der Waals surface area (Å²) in [5, 5.41) is 16.5. The van der Waals surface area contributed by atoms with Gasteiger partial charge >= 0.3 is 0 Å². The molecule has 27 heavy (non-hydrogen) atoms. The molecule has 4 heterocycles. The molecule has 9 heteroatoms. The molecule has 1 fully saturated rings. The van der Waals surface area contributed by atoms with E-state index in [2.05, 4.69) is 35.1 Å². The van der Waals surface area contributed by atoms with Gasteiger partial charge in [-0.05, 0) is 12.8 Å². The van der Waals surface area contributed by atoms with Crippen LogP contribution in [0.5, 0.6) is 0 Å². The van der Waals surface area contributed by atoms with Crippen molar-refractivity contribution in [2.24, 2.45) is 12.0 Å². The molecule has 0 radical (unpaired) electrons. The number of guanidine groups is 1. The second kappa shape index (κ2) is 8.08. The third-order valence-electron chi connectivity index (χ3n) is 5.27. The van der Waals surface area contributed by atoms with E-state index in [4.69, 9.17) is 4.74 Å². The highest BCUT2D eigenvalue weighted by Crippen LogP contribution is 2.21. The van der Waals surface area contributed by atoms with Gasteiger partial charge in [0.15, 0.2) is 11.8 Å². The van der Waals surface area contributed by atoms with E-state index in [0.29, 0.717) is 13.2 Å². The minimum Gasteiger partial charge on any atom is -0.370 e. The van der Waals surface area contributed by atoms with Gasteiger partial charge < -0.3 is 19.5 Å². The van der Waals surface area contributed by atoms with E-state index in [-0.39, 0.29) is 6.10 Å². The van der Waals surface area contributed by atoms with Crippen LogP contribution in [0.3, 0.4) is 0 Å². The number of rotatable bonds is 3. The SMILES string of the molecule is CN=C(NCc1nnc2n1CCCCC2)N1CCOC(c2cnn(C)c2)C1. The van der Waals surface area contributed by atoms with Gasteiger partial charge in [0, 0.05) is 45.4 Å². The summed E-state index contributed by atoms with van der Waals surface area (Å²) in [5.41, 5.74) is 1.10. The van der Waals surface area contributed by atoms with Crippen molar-refractivity contribution >= 4 is 5.96 Å². The minimum atomic E-state index is 0.00960. The Morgan fingerprint density at radius 1 is 1.30 bits per heavy atom. The van der Waals surface area contributed by atoms with Gasteiger partial charge in [-0.15, -0.1) is 10.2 Å². The van der Waals surface area contributed by atoms with E-state index in [1.54, 1.807) is 0 Å². The smallest absolute Gasteiger partial charge is 0.194 e. The average Bonchev–Trinajstić information content (AvgIpc) is 3.21. The number of fused-ring (bicyclic) bond motifs is 1. The number of nitrogens with zero attached hydrogens (tertiary/aromatic N) is 7. The fraction of sp³-hybridized carbons (Fsp3) is 0.667. The highest BCUT2D eigenvalue weighted by atomic mass is 16.5. The summed E-state index contributed by atoms with van der Waals surface area (Å²) in [6, 6.07) is 0. The fourth-order valence-electron chi connectivity index (χ4n) is 3.82. The second-order valence-electron chi connectivity index (χ2n) is 7.15. The van der Waals surface area contributed by atoms with E-state index in [1.165, 1.54) is 19.3 Å². The molecule has 2 aromatic rings. The molecule has 1 unspecified atom stereocenters. The molecule has 1 saturated heterocycles. The molecule has 2 aromatic heterocycles. The van der Waals surface area contributed by atoms with Crippen molar-refractivity contribution in [3.8, 4) is 0 Å². The first-order valence-electron chi connectivity index (χ1n) is 9.71. The number of ether oxygens (including phenoxy) is 1. The Kier molecular flexibility index (Phi) is 5.38. The summed E-state index contributed by atoms with van der Waals surface area (Å²) in [5.74, 6) is 2.98. The van der Waals surface area contributed by atoms with Crippen molar-refractivity contribution < 1.29 is 4.74 Å². The number of aromatic nitrogens is 5. The van der Waals surface area contributed by atoms with Gasteiger partial charge in [-0.2, -0.15) is 5.10 Å². The van der Waals surface area contributed by atoms with Crippen LogP contribution < -0.4 is 5.32 Å². The van der Waals surface area contributed by atoms with Crippen LogP contribution in [0.25, 0.3) is 0 Å². The normalized spacial score (nSPS) is 21.0. The summed E-state index contributed by atoms with van der Waals surface area (Å²) >= 11 is 0. The lowest BCUT2D eigenvalue weighted by atomic mass is 10.1. The van der Waals surface area contributed by atoms with E-state index >= 15 is 0 Å². The van der Waals surface area contributed by atoms with Crippen LogP contribution in [0.2, 0.25) is 0 Å². The number of aryl methyl sites for hydroxylation is 2. The predicted molar refractivity (Wildman–Crippen MR) is 101 cm³/mol. The second-order valence-corrected chi connectivity index (χ2v) is 7.15. The van der Waals surface area contributed by atoms with E-state index in [9.17, 15) is 0 Å². The van der Waals surface area contributed by atoms with Gasteiger partial charge in [-0.3, -0.25) is 9.67 Å². The standard InChI is InChI=1S/C18H28N8O/c1-19-18(20-11-17-23-22-16-6-4-3-5-7-26(16)17)25-8-9-27-15(13-25)14-10-21-24(2)12-14/h10,12,15H,3-9,11,13H2,1-2H3,(H,19,20). The minimum absolute atomic E-state index is 0.00960. The Hall–Kier alpha value is -2.42. The summed E-state index contributed by atoms with van der Waals surface area (Å²) in [6.07, 6.45) is 8.58. The molecule has 146 valence electrons. The Balaban J connectivity index is 1.40. The molecule has 4 rings (SSSR count). The average molecular weight is 372 g/mol. The molecule has 0 saturated carbocycles. The zero-order valence-corrected chi connectivity index (χ0v) is 16.1. The number of aliphatic imine (C=N–C) groups is 1. The third kappa shape index (κ3) is 3.97. The largest absolute Gasteiger partial charge is 0.370 e. The quantitative estimate of drug-likeness (QED) is 0.636. The van der Waals surface area contributed by atoms with Crippen molar-refractivity contribution in [1.82, 2.24) is 34.8 Å². The van der Waals surface area contributed by atoms with Crippen LogP contribution in [-0.4, -0.2) is 62.1 Å². The van der Waals surface area contributed by atoms with Gasteiger partial charge in [0.05, 0.1) is 25.9 Å². The van der Waals surface area contributed by atoms with Crippen LogP contribution in [0.1, 0.15) is 42.6 Å². The molecular formula is C18H28N8O. The van der Waals surface area contributed by atoms with Gasteiger partial charge in [0.1, 0.15) is 11.9 Å². The highest BCUT2D eigenvalue weighted by Gasteiger charge is 2.25. The van der Waals surface area contributed by atoms with Crippen LogP contribution in [0.4, 0.5) is 0 Å². The van der Waals surface area contributed by atoms with Crippen LogP contribution in [0, 0.1) is 0 Å². The molecule has 2 aliphatic rings. The van der Waals surface area contributed by atoms with Gasteiger partial charge in [0.2, 0.25) is 0 Å². The van der Waals surface area contributed by atoms with Crippen molar-refractivity contribution in [3.05, 3.63) is 29.6 Å². The maximum absolute atomic E-state index is 5.94.